The molecule has 1 N–H and O–H groups in total. The topological polar surface area (TPSA) is 90.4 Å². The van der Waals surface area contributed by atoms with E-state index in [1.807, 2.05) is 0 Å². The van der Waals surface area contributed by atoms with Crippen LogP contribution in [0.3, 0.4) is 0 Å². The van der Waals surface area contributed by atoms with Crippen molar-refractivity contribution >= 4 is 16.1 Å². The molecule has 0 aromatic heterocycles. The molecule has 1 aliphatic carbocycles. The summed E-state index contributed by atoms with van der Waals surface area (Å²) in [6.45, 7) is 1.09. The molecule has 3 rings (SSSR count). The summed E-state index contributed by atoms with van der Waals surface area (Å²) in [4.78, 5) is 14.3. The molecule has 156 valence electrons. The van der Waals surface area contributed by atoms with Crippen LogP contribution in [0.1, 0.15) is 42.5 Å². The van der Waals surface area contributed by atoms with E-state index in [0.29, 0.717) is 18.8 Å². The number of piperazine rings is 1. The minimum atomic E-state index is -3.53. The van der Waals surface area contributed by atoms with E-state index in [-0.39, 0.29) is 36.4 Å². The molecule has 2 aliphatic rings. The van der Waals surface area contributed by atoms with Crippen LogP contribution in [0.4, 0.5) is 0 Å². The van der Waals surface area contributed by atoms with E-state index in [0.717, 1.165) is 25.7 Å². The second kappa shape index (κ2) is 8.67. The highest BCUT2D eigenvalue weighted by atomic mass is 32.2. The molecule has 1 aliphatic heterocycles. The Bertz CT molecular complexity index is 800. The van der Waals surface area contributed by atoms with Gasteiger partial charge < -0.3 is 14.7 Å². The lowest BCUT2D eigenvalue weighted by molar-refractivity contribution is 0.0689. The van der Waals surface area contributed by atoms with Gasteiger partial charge in [-0.05, 0) is 25.0 Å². The molecule has 1 aromatic rings. The smallest absolute Gasteiger partial charge is 0.282 e. The molecule has 0 unspecified atom stereocenters. The van der Waals surface area contributed by atoms with Crippen LogP contribution in [0.25, 0.3) is 0 Å². The summed E-state index contributed by atoms with van der Waals surface area (Å²) in [5, 5.41) is 10.1. The van der Waals surface area contributed by atoms with Gasteiger partial charge in [-0.1, -0.05) is 19.3 Å². The van der Waals surface area contributed by atoms with Crippen LogP contribution in [0, 0.1) is 0 Å². The maximum Gasteiger partial charge on any atom is 0.282 e. The zero-order valence-corrected chi connectivity index (χ0v) is 17.3. The largest absolute Gasteiger partial charge is 0.507 e. The molecule has 0 spiro atoms. The Labute approximate surface area is 166 Å². The Kier molecular flexibility index (Phi) is 6.47. The van der Waals surface area contributed by atoms with Gasteiger partial charge in [-0.3, -0.25) is 4.79 Å². The molecule has 9 heteroatoms. The van der Waals surface area contributed by atoms with Gasteiger partial charge in [0, 0.05) is 45.3 Å². The third-order valence-electron chi connectivity index (χ3n) is 5.74. The first-order valence-corrected chi connectivity index (χ1v) is 11.1. The Morgan fingerprint density at radius 3 is 2.36 bits per heavy atom. The molecule has 8 nitrogen and oxygen atoms in total. The van der Waals surface area contributed by atoms with E-state index in [4.69, 9.17) is 4.74 Å². The van der Waals surface area contributed by atoms with Crippen molar-refractivity contribution < 1.29 is 23.1 Å². The van der Waals surface area contributed by atoms with Gasteiger partial charge in [0.15, 0.2) is 0 Å². The Morgan fingerprint density at radius 2 is 1.79 bits per heavy atom. The van der Waals surface area contributed by atoms with Crippen LogP contribution in [-0.4, -0.2) is 79.3 Å². The third kappa shape index (κ3) is 4.26. The molecule has 0 bridgehead atoms. The second-order valence-corrected chi connectivity index (χ2v) is 9.38. The third-order valence-corrected chi connectivity index (χ3v) is 7.78. The van der Waals surface area contributed by atoms with Crippen LogP contribution in [0.15, 0.2) is 18.2 Å². The van der Waals surface area contributed by atoms with Crippen molar-refractivity contribution in [2.45, 2.75) is 38.1 Å². The fourth-order valence-corrected chi connectivity index (χ4v) is 5.50. The number of aromatic hydroxyl groups is 1. The lowest BCUT2D eigenvalue weighted by atomic mass is 9.96. The number of phenols is 1. The minimum Gasteiger partial charge on any atom is -0.507 e. The summed E-state index contributed by atoms with van der Waals surface area (Å²) < 4.78 is 33.9. The fraction of sp³-hybridized carbons (Fsp3) is 0.632. The van der Waals surface area contributed by atoms with Crippen molar-refractivity contribution in [2.24, 2.45) is 0 Å². The quantitative estimate of drug-likeness (QED) is 0.796. The lowest BCUT2D eigenvalue weighted by Crippen LogP contribution is -2.55. The van der Waals surface area contributed by atoms with Crippen molar-refractivity contribution in [1.82, 2.24) is 13.5 Å². The summed E-state index contributed by atoms with van der Waals surface area (Å²) in [6, 6.07) is 4.60. The van der Waals surface area contributed by atoms with Gasteiger partial charge in [-0.2, -0.15) is 17.0 Å². The minimum absolute atomic E-state index is 0.0645. The number of carbonyl (C=O) groups is 1. The summed E-state index contributed by atoms with van der Waals surface area (Å²) in [6.07, 6.45) is 5.12. The number of rotatable bonds is 5. The fourth-order valence-electron chi connectivity index (χ4n) is 3.93. The summed E-state index contributed by atoms with van der Waals surface area (Å²) in [5.74, 6) is 0.0185. The van der Waals surface area contributed by atoms with E-state index < -0.39 is 10.2 Å². The molecule has 0 atom stereocenters. The molecule has 2 fully saturated rings. The van der Waals surface area contributed by atoms with Crippen molar-refractivity contribution in [1.29, 1.82) is 0 Å². The normalized spacial score (nSPS) is 19.8. The number of nitrogens with zero attached hydrogens (tertiary/aromatic N) is 3. The van der Waals surface area contributed by atoms with Gasteiger partial charge in [0.2, 0.25) is 0 Å². The monoisotopic (exact) mass is 411 g/mol. The van der Waals surface area contributed by atoms with E-state index in [1.54, 1.807) is 18.0 Å². The summed E-state index contributed by atoms with van der Waals surface area (Å²) in [5.41, 5.74) is 0.191. The molecule has 0 radical (unpaired) electrons. The van der Waals surface area contributed by atoms with Crippen molar-refractivity contribution in [2.75, 3.05) is 40.3 Å². The van der Waals surface area contributed by atoms with Crippen LogP contribution >= 0.6 is 0 Å². The maximum atomic E-state index is 13.0. The summed E-state index contributed by atoms with van der Waals surface area (Å²) in [7, 11) is -0.379. The first-order valence-electron chi connectivity index (χ1n) is 9.74. The van der Waals surface area contributed by atoms with Gasteiger partial charge in [-0.15, -0.1) is 0 Å². The van der Waals surface area contributed by atoms with Crippen LogP contribution in [0.2, 0.25) is 0 Å². The average Bonchev–Trinajstić information content (AvgIpc) is 2.73. The number of phenolic OH excluding ortho intramolecular Hbond substituents is 1. The van der Waals surface area contributed by atoms with E-state index in [9.17, 15) is 18.3 Å². The molecule has 1 saturated heterocycles. The van der Waals surface area contributed by atoms with Gasteiger partial charge in [0.1, 0.15) is 11.5 Å². The number of amides is 1. The van der Waals surface area contributed by atoms with E-state index in [1.165, 1.54) is 34.3 Å². The van der Waals surface area contributed by atoms with Gasteiger partial charge in [-0.25, -0.2) is 0 Å². The number of methoxy groups -OCH3 is 1. The molecule has 1 saturated carbocycles. The highest BCUT2D eigenvalue weighted by molar-refractivity contribution is 7.86. The van der Waals surface area contributed by atoms with Crippen molar-refractivity contribution in [3.63, 3.8) is 0 Å². The molecule has 28 heavy (non-hydrogen) atoms. The highest BCUT2D eigenvalue weighted by Gasteiger charge is 2.35. The number of ether oxygens (including phenoxy) is 1. The first-order chi connectivity index (χ1) is 13.3. The van der Waals surface area contributed by atoms with Gasteiger partial charge >= 0.3 is 0 Å². The number of hydrogen-bond donors (Lipinski definition) is 1. The Hall–Kier alpha value is -1.84. The van der Waals surface area contributed by atoms with E-state index in [2.05, 4.69) is 0 Å². The van der Waals surface area contributed by atoms with Crippen LogP contribution in [-0.2, 0) is 10.2 Å². The Balaban J connectivity index is 1.62. The van der Waals surface area contributed by atoms with Gasteiger partial charge in [0.25, 0.3) is 16.1 Å². The first kappa shape index (κ1) is 20.9. The number of hydrogen-bond acceptors (Lipinski definition) is 5. The zero-order chi connectivity index (χ0) is 20.3. The zero-order valence-electron chi connectivity index (χ0n) is 16.5. The molecule has 1 aromatic carbocycles. The van der Waals surface area contributed by atoms with Gasteiger partial charge in [0.05, 0.1) is 12.7 Å². The van der Waals surface area contributed by atoms with Crippen LogP contribution in [0.5, 0.6) is 11.5 Å². The average molecular weight is 412 g/mol. The van der Waals surface area contributed by atoms with Crippen molar-refractivity contribution in [3.8, 4) is 11.5 Å². The number of benzene rings is 1. The van der Waals surface area contributed by atoms with E-state index >= 15 is 0 Å². The highest BCUT2D eigenvalue weighted by Crippen LogP contribution is 2.27. The standard InChI is InChI=1S/C19H29N3O5S/c1-20(15-6-4-3-5-7-15)28(25,26)22-12-10-21(11-13-22)19(24)17-9-8-16(27-2)14-18(17)23/h8-9,14-15,23H,3-7,10-13H2,1-2H3. The summed E-state index contributed by atoms with van der Waals surface area (Å²) >= 11 is 0. The van der Waals surface area contributed by atoms with Crippen LogP contribution < -0.4 is 4.74 Å². The molecule has 1 heterocycles. The molecule has 1 amide bonds. The maximum absolute atomic E-state index is 13.0. The lowest BCUT2D eigenvalue weighted by Gasteiger charge is -2.38. The van der Waals surface area contributed by atoms with Crippen molar-refractivity contribution in [3.05, 3.63) is 23.8 Å². The predicted molar refractivity (Wildman–Crippen MR) is 106 cm³/mol. The Morgan fingerprint density at radius 1 is 1.14 bits per heavy atom. The second-order valence-electron chi connectivity index (χ2n) is 7.39. The molecular formula is C19H29N3O5S. The molecular weight excluding hydrogens is 382 g/mol. The SMILES string of the molecule is COc1ccc(C(=O)N2CCN(S(=O)(=O)N(C)C3CCCCC3)CC2)c(O)c1. The predicted octanol–water partition coefficient (Wildman–Crippen LogP) is 1.67. The number of carbonyl (C=O) groups excluding carboxylic acids is 1.